The number of carbonyl (C=O) groups excluding carboxylic acids is 1. The molecule has 0 bridgehead atoms. The molecule has 0 radical (unpaired) electrons. The van der Waals surface area contributed by atoms with Crippen LogP contribution in [0.2, 0.25) is 0 Å². The Morgan fingerprint density at radius 2 is 1.96 bits per heavy atom. The molecule has 0 aliphatic carbocycles. The van der Waals surface area contributed by atoms with Gasteiger partial charge in [0.1, 0.15) is 18.0 Å². The molecule has 1 aliphatic rings. The predicted molar refractivity (Wildman–Crippen MR) is 99.3 cm³/mol. The van der Waals surface area contributed by atoms with Crippen molar-refractivity contribution in [2.45, 2.75) is 32.9 Å². The molecule has 132 valence electrons. The van der Waals surface area contributed by atoms with Crippen LogP contribution in [0.4, 0.5) is 16.2 Å². The zero-order valence-electron chi connectivity index (χ0n) is 14.9. The van der Waals surface area contributed by atoms with Crippen LogP contribution in [0, 0.1) is 0 Å². The topological polar surface area (TPSA) is 50.8 Å². The second-order valence-electron chi connectivity index (χ2n) is 7.07. The number of fused-ring (bicyclic) bond motifs is 1. The summed E-state index contributed by atoms with van der Waals surface area (Å²) in [5, 5.41) is 2.79. The van der Waals surface area contributed by atoms with Gasteiger partial charge >= 0.3 is 6.09 Å². The second kappa shape index (κ2) is 7.05. The van der Waals surface area contributed by atoms with Crippen molar-refractivity contribution in [3.63, 3.8) is 0 Å². The van der Waals surface area contributed by atoms with Gasteiger partial charge in [0, 0.05) is 12.2 Å². The Bertz CT molecular complexity index is 738. The highest BCUT2D eigenvalue weighted by Crippen LogP contribution is 2.35. The van der Waals surface area contributed by atoms with Gasteiger partial charge in [-0.3, -0.25) is 5.32 Å². The molecule has 0 saturated heterocycles. The first-order chi connectivity index (χ1) is 11.9. The van der Waals surface area contributed by atoms with Crippen molar-refractivity contribution in [1.29, 1.82) is 0 Å². The van der Waals surface area contributed by atoms with E-state index in [0.717, 1.165) is 24.5 Å². The van der Waals surface area contributed by atoms with Crippen LogP contribution in [-0.4, -0.2) is 24.8 Å². The lowest BCUT2D eigenvalue weighted by molar-refractivity contribution is 0.0636. The second-order valence-corrected chi connectivity index (χ2v) is 7.07. The molecule has 5 heteroatoms. The van der Waals surface area contributed by atoms with E-state index in [-0.39, 0.29) is 0 Å². The summed E-state index contributed by atoms with van der Waals surface area (Å²) in [6.07, 6.45) is -0.459. The van der Waals surface area contributed by atoms with Crippen LogP contribution in [0.3, 0.4) is 0 Å². The number of ether oxygens (including phenoxy) is 2. The molecule has 2 aromatic rings. The van der Waals surface area contributed by atoms with Crippen LogP contribution in [0.15, 0.2) is 48.5 Å². The van der Waals surface area contributed by atoms with Crippen LogP contribution in [0.25, 0.3) is 0 Å². The lowest BCUT2D eigenvalue weighted by Crippen LogP contribution is -2.32. The van der Waals surface area contributed by atoms with Crippen molar-refractivity contribution in [2.75, 3.05) is 23.4 Å². The summed E-state index contributed by atoms with van der Waals surface area (Å²) in [6, 6.07) is 16.0. The molecular formula is C20H24N2O3. The average molecular weight is 340 g/mol. The Morgan fingerprint density at radius 3 is 2.68 bits per heavy atom. The molecule has 0 spiro atoms. The molecule has 1 N–H and O–H groups in total. The van der Waals surface area contributed by atoms with Gasteiger partial charge < -0.3 is 14.4 Å². The third-order valence-electron chi connectivity index (χ3n) is 3.78. The van der Waals surface area contributed by atoms with Gasteiger partial charge in [0.15, 0.2) is 0 Å². The maximum absolute atomic E-state index is 12.0. The maximum atomic E-state index is 12.0. The molecule has 1 heterocycles. The third kappa shape index (κ3) is 4.66. The number of hydrogen-bond donors (Lipinski definition) is 1. The van der Waals surface area contributed by atoms with Crippen molar-refractivity contribution in [3.8, 4) is 5.75 Å². The maximum Gasteiger partial charge on any atom is 0.412 e. The quantitative estimate of drug-likeness (QED) is 0.898. The van der Waals surface area contributed by atoms with Crippen molar-refractivity contribution in [1.82, 2.24) is 0 Å². The van der Waals surface area contributed by atoms with E-state index in [1.165, 1.54) is 5.56 Å². The van der Waals surface area contributed by atoms with Gasteiger partial charge in [0.2, 0.25) is 0 Å². The average Bonchev–Trinajstić information content (AvgIpc) is 2.54. The minimum Gasteiger partial charge on any atom is -0.490 e. The van der Waals surface area contributed by atoms with Gasteiger partial charge in [-0.2, -0.15) is 0 Å². The molecule has 25 heavy (non-hydrogen) atoms. The van der Waals surface area contributed by atoms with Crippen LogP contribution in [-0.2, 0) is 11.3 Å². The third-order valence-corrected chi connectivity index (χ3v) is 3.78. The van der Waals surface area contributed by atoms with Crippen LogP contribution in [0.1, 0.15) is 26.3 Å². The summed E-state index contributed by atoms with van der Waals surface area (Å²) in [7, 11) is 0. The zero-order chi connectivity index (χ0) is 17.9. The molecule has 2 aromatic carbocycles. The number of rotatable bonds is 3. The highest BCUT2D eigenvalue weighted by molar-refractivity contribution is 5.86. The molecule has 3 rings (SSSR count). The van der Waals surface area contributed by atoms with Crippen LogP contribution >= 0.6 is 0 Å². The first kappa shape index (κ1) is 17.1. The minimum absolute atomic E-state index is 0.459. The fourth-order valence-corrected chi connectivity index (χ4v) is 2.74. The minimum atomic E-state index is -0.527. The summed E-state index contributed by atoms with van der Waals surface area (Å²) >= 11 is 0. The molecule has 1 aliphatic heterocycles. The number of nitrogens with one attached hydrogen (secondary N) is 1. The molecular weight excluding hydrogens is 316 g/mol. The van der Waals surface area contributed by atoms with Gasteiger partial charge in [0.25, 0.3) is 0 Å². The van der Waals surface area contributed by atoms with Gasteiger partial charge in [-0.05, 0) is 44.5 Å². The number of nitrogens with zero attached hydrogens (tertiary/aromatic N) is 1. The highest BCUT2D eigenvalue weighted by Gasteiger charge is 2.20. The summed E-state index contributed by atoms with van der Waals surface area (Å²) in [6.45, 7) is 7.78. The standard InChI is InChI=1S/C20H24N2O3/c1-20(2,3)25-19(23)21-16-9-10-18-17(13-16)22(11-12-24-18)14-15-7-5-4-6-8-15/h4-10,13H,11-12,14H2,1-3H3,(H,21,23). The lowest BCUT2D eigenvalue weighted by atomic mass is 10.1. The molecule has 0 fully saturated rings. The van der Waals surface area contributed by atoms with E-state index in [9.17, 15) is 4.79 Å². The fourth-order valence-electron chi connectivity index (χ4n) is 2.74. The Labute approximate surface area is 148 Å². The summed E-state index contributed by atoms with van der Waals surface area (Å²) in [5.41, 5.74) is 2.38. The normalized spacial score (nSPS) is 13.6. The van der Waals surface area contributed by atoms with E-state index in [1.807, 2.05) is 57.2 Å². The number of hydrogen-bond acceptors (Lipinski definition) is 4. The van der Waals surface area contributed by atoms with Gasteiger partial charge in [-0.1, -0.05) is 30.3 Å². The van der Waals surface area contributed by atoms with Gasteiger partial charge in [0.05, 0.1) is 12.2 Å². The number of carbonyl (C=O) groups is 1. The van der Waals surface area contributed by atoms with E-state index < -0.39 is 11.7 Å². The van der Waals surface area contributed by atoms with E-state index in [2.05, 4.69) is 22.3 Å². The van der Waals surface area contributed by atoms with E-state index in [4.69, 9.17) is 9.47 Å². The van der Waals surface area contributed by atoms with E-state index >= 15 is 0 Å². The van der Waals surface area contributed by atoms with Gasteiger partial charge in [-0.25, -0.2) is 4.79 Å². The number of amides is 1. The smallest absolute Gasteiger partial charge is 0.412 e. The molecule has 1 amide bonds. The van der Waals surface area contributed by atoms with Crippen molar-refractivity contribution < 1.29 is 14.3 Å². The number of anilines is 2. The fraction of sp³-hybridized carbons (Fsp3) is 0.350. The summed E-state index contributed by atoms with van der Waals surface area (Å²) in [4.78, 5) is 14.2. The first-order valence-corrected chi connectivity index (χ1v) is 8.46. The Kier molecular flexibility index (Phi) is 4.83. The van der Waals surface area contributed by atoms with E-state index in [0.29, 0.717) is 12.3 Å². The zero-order valence-corrected chi connectivity index (χ0v) is 14.9. The molecule has 0 unspecified atom stereocenters. The van der Waals surface area contributed by atoms with E-state index in [1.54, 1.807) is 0 Å². The Morgan fingerprint density at radius 1 is 1.20 bits per heavy atom. The monoisotopic (exact) mass is 340 g/mol. The Balaban J connectivity index is 1.77. The van der Waals surface area contributed by atoms with Crippen LogP contribution < -0.4 is 15.0 Å². The predicted octanol–water partition coefficient (Wildman–Crippen LogP) is 4.43. The largest absolute Gasteiger partial charge is 0.490 e. The SMILES string of the molecule is CC(C)(C)OC(=O)Nc1ccc2c(c1)N(Cc1ccccc1)CCO2. The highest BCUT2D eigenvalue weighted by atomic mass is 16.6. The first-order valence-electron chi connectivity index (χ1n) is 8.46. The van der Waals surface area contributed by atoms with Crippen molar-refractivity contribution in [2.24, 2.45) is 0 Å². The Hall–Kier alpha value is -2.69. The van der Waals surface area contributed by atoms with Gasteiger partial charge in [-0.15, -0.1) is 0 Å². The molecule has 0 saturated carbocycles. The number of benzene rings is 2. The lowest BCUT2D eigenvalue weighted by Gasteiger charge is -2.31. The summed E-state index contributed by atoms with van der Waals surface area (Å²) in [5.74, 6) is 0.830. The van der Waals surface area contributed by atoms with Crippen molar-refractivity contribution >= 4 is 17.5 Å². The molecule has 0 atom stereocenters. The van der Waals surface area contributed by atoms with Crippen LogP contribution in [0.5, 0.6) is 5.75 Å². The molecule has 5 nitrogen and oxygen atoms in total. The molecule has 0 aromatic heterocycles. The summed E-state index contributed by atoms with van der Waals surface area (Å²) < 4.78 is 11.1. The van der Waals surface area contributed by atoms with Crippen molar-refractivity contribution in [3.05, 3.63) is 54.1 Å².